The third kappa shape index (κ3) is 3.46. The molecule has 1 amide bonds. The summed E-state index contributed by atoms with van der Waals surface area (Å²) in [5.41, 5.74) is -0.261. The van der Waals surface area contributed by atoms with Crippen LogP contribution in [-0.2, 0) is 9.53 Å². The van der Waals surface area contributed by atoms with Crippen molar-refractivity contribution < 1.29 is 9.53 Å². The van der Waals surface area contributed by atoms with Crippen LogP contribution in [0.15, 0.2) is 0 Å². The van der Waals surface area contributed by atoms with Gasteiger partial charge in [-0.05, 0) is 27.2 Å². The Balaban J connectivity index is 2.58. The number of hydrogen-bond acceptors (Lipinski definition) is 3. The highest BCUT2D eigenvalue weighted by atomic mass is 16.5. The van der Waals surface area contributed by atoms with Gasteiger partial charge in [0.2, 0.25) is 5.91 Å². The van der Waals surface area contributed by atoms with Gasteiger partial charge in [0, 0.05) is 6.61 Å². The van der Waals surface area contributed by atoms with E-state index >= 15 is 0 Å². The van der Waals surface area contributed by atoms with E-state index in [0.717, 1.165) is 12.8 Å². The fourth-order valence-corrected chi connectivity index (χ4v) is 2.17. The zero-order valence-corrected chi connectivity index (χ0v) is 10.9. The van der Waals surface area contributed by atoms with Gasteiger partial charge in [-0.2, -0.15) is 0 Å². The summed E-state index contributed by atoms with van der Waals surface area (Å²) in [6.07, 6.45) is 2.28. The van der Waals surface area contributed by atoms with Crippen molar-refractivity contribution in [1.29, 1.82) is 0 Å². The van der Waals surface area contributed by atoms with Crippen molar-refractivity contribution in [2.75, 3.05) is 19.7 Å². The summed E-state index contributed by atoms with van der Waals surface area (Å²) >= 11 is 0. The molecular weight excluding hydrogens is 204 g/mol. The van der Waals surface area contributed by atoms with E-state index in [-0.39, 0.29) is 17.7 Å². The van der Waals surface area contributed by atoms with Crippen molar-refractivity contribution in [1.82, 2.24) is 10.2 Å². The van der Waals surface area contributed by atoms with E-state index in [0.29, 0.717) is 19.7 Å². The SMILES string of the molecule is CCCC1NCC(=O)N1CC(C)(C)OCC. The molecule has 1 saturated heterocycles. The second-order valence-electron chi connectivity index (χ2n) is 4.90. The van der Waals surface area contributed by atoms with Gasteiger partial charge in [-0.1, -0.05) is 13.3 Å². The Morgan fingerprint density at radius 1 is 1.50 bits per heavy atom. The molecule has 1 aliphatic heterocycles. The fourth-order valence-electron chi connectivity index (χ4n) is 2.17. The number of hydrogen-bond donors (Lipinski definition) is 1. The summed E-state index contributed by atoms with van der Waals surface area (Å²) in [4.78, 5) is 13.7. The highest BCUT2D eigenvalue weighted by Gasteiger charge is 2.34. The van der Waals surface area contributed by atoms with E-state index in [2.05, 4.69) is 12.2 Å². The van der Waals surface area contributed by atoms with E-state index in [1.165, 1.54) is 0 Å². The molecule has 1 rings (SSSR count). The van der Waals surface area contributed by atoms with Crippen molar-refractivity contribution in [3.8, 4) is 0 Å². The fraction of sp³-hybridized carbons (Fsp3) is 0.917. The lowest BCUT2D eigenvalue weighted by Crippen LogP contribution is -2.46. The second-order valence-corrected chi connectivity index (χ2v) is 4.90. The summed E-state index contributed by atoms with van der Waals surface area (Å²) in [6, 6.07) is 0. The van der Waals surface area contributed by atoms with Crippen LogP contribution in [0.25, 0.3) is 0 Å². The lowest BCUT2D eigenvalue weighted by atomic mass is 10.1. The first-order chi connectivity index (χ1) is 7.50. The number of carbonyl (C=O) groups excluding carboxylic acids is 1. The first-order valence-corrected chi connectivity index (χ1v) is 6.17. The van der Waals surface area contributed by atoms with E-state index in [1.807, 2.05) is 25.7 Å². The third-order valence-corrected chi connectivity index (χ3v) is 2.83. The predicted molar refractivity (Wildman–Crippen MR) is 64.1 cm³/mol. The van der Waals surface area contributed by atoms with Crippen LogP contribution in [-0.4, -0.2) is 42.3 Å². The van der Waals surface area contributed by atoms with Crippen molar-refractivity contribution in [3.05, 3.63) is 0 Å². The minimum absolute atomic E-state index is 0.186. The normalized spacial score (nSPS) is 21.9. The minimum Gasteiger partial charge on any atom is -0.374 e. The van der Waals surface area contributed by atoms with Crippen LogP contribution in [0.4, 0.5) is 0 Å². The average molecular weight is 228 g/mol. The maximum atomic E-state index is 11.7. The van der Waals surface area contributed by atoms with E-state index in [9.17, 15) is 4.79 Å². The summed E-state index contributed by atoms with van der Waals surface area (Å²) in [7, 11) is 0. The lowest BCUT2D eigenvalue weighted by molar-refractivity contribution is -0.132. The first-order valence-electron chi connectivity index (χ1n) is 6.17. The van der Waals surface area contributed by atoms with Gasteiger partial charge >= 0.3 is 0 Å². The van der Waals surface area contributed by atoms with Crippen LogP contribution in [0.1, 0.15) is 40.5 Å². The Hall–Kier alpha value is -0.610. The molecule has 0 spiro atoms. The third-order valence-electron chi connectivity index (χ3n) is 2.83. The van der Waals surface area contributed by atoms with Crippen LogP contribution in [0.5, 0.6) is 0 Å². The maximum Gasteiger partial charge on any atom is 0.237 e. The molecule has 1 unspecified atom stereocenters. The van der Waals surface area contributed by atoms with Gasteiger partial charge in [0.25, 0.3) is 0 Å². The maximum absolute atomic E-state index is 11.7. The highest BCUT2D eigenvalue weighted by Crippen LogP contribution is 2.17. The molecule has 16 heavy (non-hydrogen) atoms. The lowest BCUT2D eigenvalue weighted by Gasteiger charge is -2.33. The molecule has 0 aliphatic carbocycles. The molecule has 0 aromatic heterocycles. The standard InChI is InChI=1S/C12H24N2O2/c1-5-7-10-13-8-11(15)14(10)9-12(3,4)16-6-2/h10,13H,5-9H2,1-4H3. The molecule has 4 heteroatoms. The van der Waals surface area contributed by atoms with Gasteiger partial charge in [0.05, 0.1) is 24.9 Å². The molecule has 1 aliphatic rings. The molecule has 1 atom stereocenters. The molecule has 0 aromatic rings. The van der Waals surface area contributed by atoms with Crippen LogP contribution < -0.4 is 5.32 Å². The largest absolute Gasteiger partial charge is 0.374 e. The van der Waals surface area contributed by atoms with Gasteiger partial charge in [-0.15, -0.1) is 0 Å². The Labute approximate surface area is 98.3 Å². The highest BCUT2D eigenvalue weighted by molar-refractivity contribution is 5.80. The van der Waals surface area contributed by atoms with Crippen molar-refractivity contribution in [2.45, 2.75) is 52.3 Å². The molecular formula is C12H24N2O2. The molecule has 0 radical (unpaired) electrons. The first kappa shape index (κ1) is 13.5. The Bertz CT molecular complexity index is 241. The average Bonchev–Trinajstić information content (AvgIpc) is 2.50. The molecule has 0 saturated carbocycles. The molecule has 1 heterocycles. The predicted octanol–water partition coefficient (Wildman–Crippen LogP) is 1.36. The molecule has 0 aromatic carbocycles. The number of carbonyl (C=O) groups is 1. The summed E-state index contributed by atoms with van der Waals surface area (Å²) in [6.45, 7) is 9.99. The number of nitrogens with zero attached hydrogens (tertiary/aromatic N) is 1. The summed E-state index contributed by atoms with van der Waals surface area (Å²) in [5, 5.41) is 3.24. The van der Waals surface area contributed by atoms with Crippen LogP contribution in [0.3, 0.4) is 0 Å². The van der Waals surface area contributed by atoms with E-state index in [1.54, 1.807) is 0 Å². The molecule has 1 N–H and O–H groups in total. The Morgan fingerprint density at radius 3 is 2.75 bits per heavy atom. The number of ether oxygens (including phenoxy) is 1. The molecule has 4 nitrogen and oxygen atoms in total. The van der Waals surface area contributed by atoms with E-state index in [4.69, 9.17) is 4.74 Å². The van der Waals surface area contributed by atoms with Gasteiger partial charge in [0.15, 0.2) is 0 Å². The number of rotatable bonds is 6. The zero-order chi connectivity index (χ0) is 12.2. The quantitative estimate of drug-likeness (QED) is 0.746. The topological polar surface area (TPSA) is 41.6 Å². The molecule has 1 fully saturated rings. The number of amides is 1. The van der Waals surface area contributed by atoms with Gasteiger partial charge < -0.3 is 9.64 Å². The smallest absolute Gasteiger partial charge is 0.237 e. The molecule has 0 bridgehead atoms. The summed E-state index contributed by atoms with van der Waals surface area (Å²) < 4.78 is 5.64. The van der Waals surface area contributed by atoms with Crippen molar-refractivity contribution in [2.24, 2.45) is 0 Å². The second kappa shape index (κ2) is 5.64. The van der Waals surface area contributed by atoms with Crippen molar-refractivity contribution in [3.63, 3.8) is 0 Å². The van der Waals surface area contributed by atoms with Crippen LogP contribution in [0, 0.1) is 0 Å². The van der Waals surface area contributed by atoms with Crippen LogP contribution in [0.2, 0.25) is 0 Å². The Morgan fingerprint density at radius 2 is 2.19 bits per heavy atom. The number of nitrogens with one attached hydrogen (secondary N) is 1. The van der Waals surface area contributed by atoms with E-state index < -0.39 is 0 Å². The van der Waals surface area contributed by atoms with Crippen LogP contribution >= 0.6 is 0 Å². The Kier molecular flexibility index (Phi) is 4.74. The summed E-state index contributed by atoms with van der Waals surface area (Å²) in [5.74, 6) is 0.186. The minimum atomic E-state index is -0.261. The van der Waals surface area contributed by atoms with Gasteiger partial charge in [-0.25, -0.2) is 0 Å². The monoisotopic (exact) mass is 228 g/mol. The zero-order valence-electron chi connectivity index (χ0n) is 10.9. The van der Waals surface area contributed by atoms with Crippen molar-refractivity contribution >= 4 is 5.91 Å². The van der Waals surface area contributed by atoms with Gasteiger partial charge in [-0.3, -0.25) is 10.1 Å². The van der Waals surface area contributed by atoms with Gasteiger partial charge in [0.1, 0.15) is 0 Å². The molecule has 94 valence electrons.